The molecule has 154 valence electrons. The van der Waals surface area contributed by atoms with Crippen LogP contribution in [-0.2, 0) is 11.0 Å². The second kappa shape index (κ2) is 8.90. The molecule has 1 saturated heterocycles. The number of benzene rings is 2. The topological polar surface area (TPSA) is 41.9 Å². The lowest BCUT2D eigenvalue weighted by molar-refractivity contribution is -0.137. The molecule has 2 aromatic carbocycles. The molecule has 0 spiro atoms. The summed E-state index contributed by atoms with van der Waals surface area (Å²) in [5, 5.41) is 0.394. The number of nitrogens with zero attached hydrogens (tertiary/aromatic N) is 2. The Morgan fingerprint density at radius 3 is 2.76 bits per heavy atom. The third-order valence-corrected chi connectivity index (χ3v) is 5.44. The largest absolute Gasteiger partial charge is 0.483 e. The highest BCUT2D eigenvalue weighted by molar-refractivity contribution is 8.13. The number of aliphatic imine (C=N–C) groups is 1. The molecule has 0 aromatic heterocycles. The third-order valence-electron chi connectivity index (χ3n) is 4.38. The molecule has 29 heavy (non-hydrogen) atoms. The minimum Gasteiger partial charge on any atom is -0.483 e. The van der Waals surface area contributed by atoms with Crippen LogP contribution in [0.4, 0.5) is 18.9 Å². The number of ether oxygens (including phenoxy) is 1. The van der Waals surface area contributed by atoms with Gasteiger partial charge in [-0.1, -0.05) is 30.0 Å². The Kier molecular flexibility index (Phi) is 6.52. The summed E-state index contributed by atoms with van der Waals surface area (Å²) in [6, 6.07) is 10.5. The lowest BCUT2D eigenvalue weighted by atomic mass is 10.1. The Hall–Kier alpha value is -2.48. The second-order valence-electron chi connectivity index (χ2n) is 6.75. The lowest BCUT2D eigenvalue weighted by Gasteiger charge is -2.27. The van der Waals surface area contributed by atoms with Crippen molar-refractivity contribution in [3.63, 3.8) is 0 Å². The van der Waals surface area contributed by atoms with Gasteiger partial charge >= 0.3 is 6.18 Å². The zero-order valence-electron chi connectivity index (χ0n) is 16.1. The molecule has 0 aliphatic carbocycles. The molecule has 0 unspecified atom stereocenters. The number of hydrogen-bond donors (Lipinski definition) is 0. The Bertz CT molecular complexity index is 928. The van der Waals surface area contributed by atoms with Gasteiger partial charge in [0.1, 0.15) is 5.75 Å². The standard InChI is InChI=1S/C21H21F3N2O2S/c1-14-7-8-15(2)18(11-14)28-13-19(27)26-9-4-10-29-20(26)25-17-6-3-5-16(12-17)21(22,23)24/h3,5-8,11-12H,4,9-10,13H2,1-2H3. The number of amides is 1. The number of carbonyl (C=O) groups excluding carboxylic acids is 1. The molecule has 0 atom stereocenters. The van der Waals surface area contributed by atoms with E-state index in [1.165, 1.54) is 28.8 Å². The molecule has 1 amide bonds. The highest BCUT2D eigenvalue weighted by Crippen LogP contribution is 2.32. The van der Waals surface area contributed by atoms with E-state index in [0.29, 0.717) is 17.5 Å². The number of halogens is 3. The molecule has 1 aliphatic rings. The fourth-order valence-corrected chi connectivity index (χ4v) is 3.80. The number of hydrogen-bond acceptors (Lipinski definition) is 4. The Balaban J connectivity index is 1.76. The van der Waals surface area contributed by atoms with Crippen molar-refractivity contribution in [1.29, 1.82) is 0 Å². The fraction of sp³-hybridized carbons (Fsp3) is 0.333. The first-order valence-corrected chi connectivity index (χ1v) is 10.1. The van der Waals surface area contributed by atoms with E-state index in [9.17, 15) is 18.0 Å². The minimum atomic E-state index is -4.44. The predicted molar refractivity (Wildman–Crippen MR) is 109 cm³/mol. The molecule has 8 heteroatoms. The van der Waals surface area contributed by atoms with Crippen molar-refractivity contribution in [3.8, 4) is 5.75 Å². The number of rotatable bonds is 4. The van der Waals surface area contributed by atoms with Gasteiger partial charge in [0.05, 0.1) is 11.3 Å². The molecule has 1 aliphatic heterocycles. The molecule has 4 nitrogen and oxygen atoms in total. The van der Waals surface area contributed by atoms with Crippen molar-refractivity contribution in [2.45, 2.75) is 26.4 Å². The average Bonchev–Trinajstić information content (AvgIpc) is 2.68. The molecule has 1 fully saturated rings. The van der Waals surface area contributed by atoms with Crippen molar-refractivity contribution in [1.82, 2.24) is 4.90 Å². The van der Waals surface area contributed by atoms with Crippen LogP contribution in [0.15, 0.2) is 47.5 Å². The summed E-state index contributed by atoms with van der Waals surface area (Å²) in [4.78, 5) is 18.5. The van der Waals surface area contributed by atoms with Gasteiger partial charge in [0.15, 0.2) is 11.8 Å². The smallest absolute Gasteiger partial charge is 0.416 e. The van der Waals surface area contributed by atoms with Crippen LogP contribution in [0.3, 0.4) is 0 Å². The maximum Gasteiger partial charge on any atom is 0.416 e. The minimum absolute atomic E-state index is 0.160. The van der Waals surface area contributed by atoms with E-state index >= 15 is 0 Å². The SMILES string of the molecule is Cc1ccc(C)c(OCC(=O)N2CCCSC2=Nc2cccc(C(F)(F)F)c2)c1. The summed E-state index contributed by atoms with van der Waals surface area (Å²) < 4.78 is 44.5. The van der Waals surface area contributed by atoms with E-state index in [1.54, 1.807) is 0 Å². The van der Waals surface area contributed by atoms with Crippen LogP contribution in [0, 0.1) is 13.8 Å². The zero-order chi connectivity index (χ0) is 21.0. The monoisotopic (exact) mass is 422 g/mol. The molecule has 3 rings (SSSR count). The molecule has 2 aromatic rings. The van der Waals surface area contributed by atoms with Crippen molar-refractivity contribution in [2.75, 3.05) is 18.9 Å². The van der Waals surface area contributed by atoms with Gasteiger partial charge in [0.25, 0.3) is 5.91 Å². The van der Waals surface area contributed by atoms with Gasteiger partial charge in [-0.25, -0.2) is 4.99 Å². The molecule has 1 heterocycles. The van der Waals surface area contributed by atoms with Gasteiger partial charge in [0.2, 0.25) is 0 Å². The summed E-state index contributed by atoms with van der Waals surface area (Å²) in [6.45, 7) is 4.14. The first kappa shape index (κ1) is 21.2. The van der Waals surface area contributed by atoms with E-state index in [4.69, 9.17) is 4.74 Å². The van der Waals surface area contributed by atoms with Gasteiger partial charge in [-0.15, -0.1) is 0 Å². The summed E-state index contributed by atoms with van der Waals surface area (Å²) in [5.41, 5.74) is 1.35. The molecule has 0 N–H and O–H groups in total. The number of thioether (sulfide) groups is 1. The number of alkyl halides is 3. The van der Waals surface area contributed by atoms with Gasteiger partial charge in [-0.05, 0) is 55.7 Å². The molecular formula is C21H21F3N2O2S. The first-order valence-electron chi connectivity index (χ1n) is 9.13. The number of carbonyl (C=O) groups is 1. The summed E-state index contributed by atoms with van der Waals surface area (Å²) >= 11 is 1.35. The van der Waals surface area contributed by atoms with Crippen molar-refractivity contribution >= 4 is 28.5 Å². The Labute approximate surface area is 171 Å². The van der Waals surface area contributed by atoms with Gasteiger partial charge in [0, 0.05) is 12.3 Å². The van der Waals surface area contributed by atoms with E-state index in [0.717, 1.165) is 35.4 Å². The summed E-state index contributed by atoms with van der Waals surface area (Å²) in [6.07, 6.45) is -3.66. The summed E-state index contributed by atoms with van der Waals surface area (Å²) in [5.74, 6) is 1.11. The predicted octanol–water partition coefficient (Wildman–Crippen LogP) is 5.35. The van der Waals surface area contributed by atoms with Crippen LogP contribution in [0.25, 0.3) is 0 Å². The normalized spacial score (nSPS) is 16.2. The highest BCUT2D eigenvalue weighted by atomic mass is 32.2. The van der Waals surface area contributed by atoms with Gasteiger partial charge in [-0.3, -0.25) is 9.69 Å². The fourth-order valence-electron chi connectivity index (χ4n) is 2.83. The molecule has 0 saturated carbocycles. The van der Waals surface area contributed by atoms with Crippen LogP contribution in [0.5, 0.6) is 5.75 Å². The first-order chi connectivity index (χ1) is 13.7. The van der Waals surface area contributed by atoms with Gasteiger partial charge < -0.3 is 4.74 Å². The van der Waals surface area contributed by atoms with Gasteiger partial charge in [-0.2, -0.15) is 13.2 Å². The van der Waals surface area contributed by atoms with Crippen molar-refractivity contribution in [2.24, 2.45) is 4.99 Å². The van der Waals surface area contributed by atoms with Crippen LogP contribution in [-0.4, -0.2) is 34.9 Å². The van der Waals surface area contributed by atoms with Crippen molar-refractivity contribution in [3.05, 3.63) is 59.2 Å². The number of amidine groups is 1. The lowest BCUT2D eigenvalue weighted by Crippen LogP contribution is -2.41. The second-order valence-corrected chi connectivity index (χ2v) is 7.81. The Morgan fingerprint density at radius 2 is 2.00 bits per heavy atom. The maximum atomic E-state index is 12.9. The third kappa shape index (κ3) is 5.53. The quantitative estimate of drug-likeness (QED) is 0.667. The number of aryl methyl sites for hydroxylation is 2. The van der Waals surface area contributed by atoms with Crippen LogP contribution >= 0.6 is 11.8 Å². The zero-order valence-corrected chi connectivity index (χ0v) is 16.9. The van der Waals surface area contributed by atoms with E-state index < -0.39 is 11.7 Å². The average molecular weight is 422 g/mol. The van der Waals surface area contributed by atoms with E-state index in [2.05, 4.69) is 4.99 Å². The molecular weight excluding hydrogens is 401 g/mol. The van der Waals surface area contributed by atoms with Crippen molar-refractivity contribution < 1.29 is 22.7 Å². The summed E-state index contributed by atoms with van der Waals surface area (Å²) in [7, 11) is 0. The highest BCUT2D eigenvalue weighted by Gasteiger charge is 2.30. The van der Waals surface area contributed by atoms with Crippen LogP contribution < -0.4 is 4.74 Å². The van der Waals surface area contributed by atoms with Crippen LogP contribution in [0.2, 0.25) is 0 Å². The molecule has 0 radical (unpaired) electrons. The van der Waals surface area contributed by atoms with Crippen LogP contribution in [0.1, 0.15) is 23.1 Å². The Morgan fingerprint density at radius 1 is 1.21 bits per heavy atom. The molecule has 0 bridgehead atoms. The maximum absolute atomic E-state index is 12.9. The van der Waals surface area contributed by atoms with E-state index in [-0.39, 0.29) is 18.2 Å². The van der Waals surface area contributed by atoms with E-state index in [1.807, 2.05) is 32.0 Å².